The van der Waals surface area contributed by atoms with Crippen molar-refractivity contribution in [3.63, 3.8) is 0 Å². The van der Waals surface area contributed by atoms with Gasteiger partial charge in [-0.1, -0.05) is 89.4 Å². The summed E-state index contributed by atoms with van der Waals surface area (Å²) >= 11 is 0. The van der Waals surface area contributed by atoms with Crippen molar-refractivity contribution in [3.05, 3.63) is 179 Å². The number of carbonyl (C=O) groups is 3. The van der Waals surface area contributed by atoms with Crippen LogP contribution in [0.3, 0.4) is 0 Å². The number of alkyl halides is 1. The molecule has 4 N–H and O–H groups in total. The molecule has 5 aromatic rings. The number of hydrogen-bond donors (Lipinski definition) is 4. The average Bonchev–Trinajstić information content (AvgIpc) is 1.60. The van der Waals surface area contributed by atoms with E-state index in [1.54, 1.807) is 36.4 Å². The smallest absolute Gasteiger partial charge is 0.748 e. The molecule has 4 aliphatic heterocycles. The Morgan fingerprint density at radius 1 is 0.636 bits per heavy atom. The summed E-state index contributed by atoms with van der Waals surface area (Å²) in [6, 6.07) is 34.2. The molecule has 0 spiro atoms. The van der Waals surface area contributed by atoms with Gasteiger partial charge in [-0.15, -0.1) is 18.7 Å². The number of allylic oxidation sites excluding steroid dienone is 5. The molecule has 0 fully saturated rings. The number of aromatic carboxylic acids is 2. The topological polar surface area (TPSA) is 461 Å². The van der Waals surface area contributed by atoms with E-state index in [0.29, 0.717) is 30.8 Å². The number of anilines is 2. The van der Waals surface area contributed by atoms with E-state index in [-0.39, 0.29) is 117 Å². The van der Waals surface area contributed by atoms with Crippen LogP contribution in [0.5, 0.6) is 0 Å². The third-order valence-corrected chi connectivity index (χ3v) is 20.5. The monoisotopic (exact) mass is 1630 g/mol. The zero-order valence-electron chi connectivity index (χ0n) is 63.7. The van der Waals surface area contributed by atoms with Crippen LogP contribution in [0.4, 0.5) is 32.8 Å². The van der Waals surface area contributed by atoms with Gasteiger partial charge < -0.3 is 39.4 Å². The SMILES string of the molecule is CC1(C)C(/C=C/Nc2ccccc2)=[N+](CCCCCC(=O)[O-])c2cc[c-]cc21.CC1=[N+](CCCS(=O)(=O)[O-])c2cccc(C(=O)O)c2C1(C)C.CCCCCN1/C(=C/C=C/C2=[N+](CCCS(=O)(=O)[O-])c3cccc(C(=O)O)c3C2(C)C)C(C)(C)c2cc(S(=O)(=O)O)ccc21.O=C=O.O=C=O.O=C=O.O=S(=O)=O.[2H]CF.[K+]. The molecule has 110 heavy (non-hydrogen) atoms. The van der Waals surface area contributed by atoms with Crippen LogP contribution in [0.1, 0.15) is 171 Å². The normalized spacial score (nSPS) is 15.1. The molecule has 0 bridgehead atoms. The Bertz CT molecular complexity index is 4860. The second-order valence-electron chi connectivity index (χ2n) is 26.4. The molecule has 4 aliphatic rings. The van der Waals surface area contributed by atoms with Crippen LogP contribution in [0, 0.1) is 6.07 Å². The van der Waals surface area contributed by atoms with Crippen molar-refractivity contribution in [2.24, 2.45) is 0 Å². The van der Waals surface area contributed by atoms with Crippen molar-refractivity contribution in [3.8, 4) is 0 Å². The summed E-state index contributed by atoms with van der Waals surface area (Å²) in [5.74, 6) is -3.98. The molecule has 0 aromatic heterocycles. The van der Waals surface area contributed by atoms with Gasteiger partial charge in [0.05, 0.1) is 66.7 Å². The molecule has 5 aromatic carbocycles. The van der Waals surface area contributed by atoms with E-state index < -0.39 is 93.8 Å². The molecule has 590 valence electrons. The van der Waals surface area contributed by atoms with E-state index in [0.717, 1.165) is 84.0 Å². The third kappa shape index (κ3) is 28.3. The van der Waals surface area contributed by atoms with Gasteiger partial charge in [0, 0.05) is 109 Å². The predicted octanol–water partition coefficient (Wildman–Crippen LogP) is 5.72. The number of carbonyl (C=O) groups excluding carboxylic acids is 7. The maximum atomic E-state index is 12.2. The first-order valence-electron chi connectivity index (χ1n) is 34.2. The standard InChI is InChI=1S/C32H40N2O8S2.C24H27N2O2.C15H19NO5S.CH3F.3CO2.K.O3S/c1-6-7-8-18-33-25-17-16-22(44(40,41)42)21-24(25)31(2,3)27(33)14-10-15-28-32(4,5)29-23(30(35)36)12-9-13-26(29)34(28)19-11-20-43(37,38)39;1-24(2)20-13-8-9-14-21(20)26(18-10-4-7-15-23(27)28)22(24)16-17-25-19-11-5-3-6-12-19;1-10-15(2,3)13-11(14(17)18)6-4-7-12(13)16(10)8-5-9-22(19,20)21;1-2;3*2-1-3;;1-4(2)3/h9-10,12-17,21H,6-8,11,18-20H2,1-5H3,(H2-,35,36,37,38,39,40,41,42);3,5-6,9,11-14,16-17H,4,7,10,15,18H2,1-2H3,(H,27,28);4,6-7H,5,8-9H2,1-3H3,(H-,17,18,19,20,21);1H3;;;;;/q;-1;;;;;;+1;/i;;;1D;;;;;. The maximum Gasteiger partial charge on any atom is 1.00 e. The van der Waals surface area contributed by atoms with Crippen molar-refractivity contribution in [2.45, 2.75) is 154 Å². The van der Waals surface area contributed by atoms with Crippen LogP contribution < -0.4 is 66.7 Å². The fourth-order valence-electron chi connectivity index (χ4n) is 13.2. The number of unbranched alkanes of at least 4 members (excludes halogenated alkanes) is 4. The number of halogens is 1. The summed E-state index contributed by atoms with van der Waals surface area (Å²) in [6.45, 7) is 22.3. The van der Waals surface area contributed by atoms with Crippen molar-refractivity contribution in [2.75, 3.05) is 55.1 Å². The first-order valence-corrected chi connectivity index (χ1v) is 39.0. The van der Waals surface area contributed by atoms with Crippen LogP contribution >= 0.6 is 0 Å². The Morgan fingerprint density at radius 2 is 1.12 bits per heavy atom. The molecule has 35 heteroatoms. The minimum Gasteiger partial charge on any atom is -0.748 e. The van der Waals surface area contributed by atoms with Gasteiger partial charge >= 0.3 is 92.4 Å². The van der Waals surface area contributed by atoms with Crippen LogP contribution in [-0.4, -0.2) is 174 Å². The number of nitrogens with zero attached hydrogens (tertiary/aromatic N) is 4. The summed E-state index contributed by atoms with van der Waals surface area (Å²) in [6.07, 6.45) is 16.5. The molecule has 29 nitrogen and oxygen atoms in total. The molecule has 4 heterocycles. The van der Waals surface area contributed by atoms with Crippen LogP contribution in [0.2, 0.25) is 0 Å². The van der Waals surface area contributed by atoms with E-state index in [1.807, 2.05) is 125 Å². The second kappa shape index (κ2) is 45.7. The Morgan fingerprint density at radius 3 is 1.61 bits per heavy atom. The van der Waals surface area contributed by atoms with Gasteiger partial charge in [-0.2, -0.15) is 64.5 Å². The second-order valence-corrected chi connectivity index (χ2v) is 31.3. The molecule has 0 aliphatic carbocycles. The average molecular weight is 1630 g/mol. The first-order chi connectivity index (χ1) is 51.3. The minimum absolute atomic E-state index is 0. The quantitative estimate of drug-likeness (QED) is 0.0169. The number of fused-ring (bicyclic) bond motifs is 4. The van der Waals surface area contributed by atoms with E-state index >= 15 is 0 Å². The molecular weight excluding hydrogens is 1540 g/mol. The Labute approximate surface area is 685 Å². The zero-order chi connectivity index (χ0) is 83.8. The molecule has 0 radical (unpaired) electrons. The van der Waals surface area contributed by atoms with E-state index in [4.69, 9.17) is 42.8 Å². The fourth-order valence-corrected chi connectivity index (χ4v) is 14.7. The third-order valence-electron chi connectivity index (χ3n) is 18.1. The van der Waals surface area contributed by atoms with Crippen LogP contribution in [0.25, 0.3) is 0 Å². The van der Waals surface area contributed by atoms with Crippen molar-refractivity contribution >= 4 is 123 Å². The number of nitrogens with one attached hydrogen (secondary N) is 1. The van der Waals surface area contributed by atoms with Crippen molar-refractivity contribution < 1.29 is 181 Å². The number of rotatable bonds is 26. The molecule has 0 atom stereocenters. The molecule has 0 saturated carbocycles. The summed E-state index contributed by atoms with van der Waals surface area (Å²) < 4.78 is 147. The summed E-state index contributed by atoms with van der Waals surface area (Å²) in [4.78, 5) is 85.0. The van der Waals surface area contributed by atoms with E-state index in [2.05, 4.69) is 59.8 Å². The number of aliphatic carboxylic acids is 1. The minimum atomic E-state index is -4.42. The fraction of sp³-hybridized carbons (Fsp3) is 0.400. The van der Waals surface area contributed by atoms with Gasteiger partial charge in [-0.3, -0.25) is 8.94 Å². The largest absolute Gasteiger partial charge is 1.00 e. The van der Waals surface area contributed by atoms with Gasteiger partial charge in [0.15, 0.2) is 17.1 Å². The molecule has 9 rings (SSSR count). The molecule has 0 unspecified atom stereocenters. The Balaban J connectivity index is 0.000000790. The molecule has 0 amide bonds. The van der Waals surface area contributed by atoms with Crippen molar-refractivity contribution in [1.82, 2.24) is 0 Å². The Kier molecular flexibility index (Phi) is 40.5. The van der Waals surface area contributed by atoms with Gasteiger partial charge in [0.25, 0.3) is 10.1 Å². The van der Waals surface area contributed by atoms with Gasteiger partial charge in [0.2, 0.25) is 11.4 Å². The summed E-state index contributed by atoms with van der Waals surface area (Å²) in [7, 11) is -17.2. The van der Waals surface area contributed by atoms with E-state index in [9.17, 15) is 73.0 Å². The van der Waals surface area contributed by atoms with Gasteiger partial charge in [0.1, 0.15) is 25.3 Å². The Hall–Kier alpha value is -8.60. The number of para-hydroxylation sites is 1. The van der Waals surface area contributed by atoms with Crippen molar-refractivity contribution in [1.29, 1.82) is 0 Å². The van der Waals surface area contributed by atoms with Gasteiger partial charge in [-0.25, -0.2) is 31.0 Å². The maximum absolute atomic E-state index is 12.2. The van der Waals surface area contributed by atoms with Crippen LogP contribution in [-0.2, 0) is 96.2 Å². The number of benzene rings is 5. The summed E-state index contributed by atoms with van der Waals surface area (Å²) in [5.41, 5.74) is 10.2. The zero-order valence-corrected chi connectivity index (χ0v) is 69.1. The molecular formula is C75H89FKN5O24S4. The van der Waals surface area contributed by atoms with Crippen LogP contribution in [0.15, 0.2) is 144 Å². The number of carboxylic acid groups (broad SMARTS) is 3. The van der Waals surface area contributed by atoms with E-state index in [1.165, 1.54) is 29.1 Å². The predicted molar refractivity (Wildman–Crippen MR) is 392 cm³/mol. The number of carboxylic acids is 3. The molecule has 0 saturated heterocycles. The number of hydrogen-bond acceptors (Lipinski definition) is 23. The first kappa shape index (κ1) is 97.5. The summed E-state index contributed by atoms with van der Waals surface area (Å²) in [5, 5.41) is 33.3. The van der Waals surface area contributed by atoms with Gasteiger partial charge in [-0.05, 0) is 107 Å².